The molecule has 4 nitrogen and oxygen atoms in total. The van der Waals surface area contributed by atoms with E-state index in [1.54, 1.807) is 6.20 Å². The van der Waals surface area contributed by atoms with Gasteiger partial charge in [0.2, 0.25) is 5.91 Å². The van der Waals surface area contributed by atoms with Crippen LogP contribution in [0.15, 0.2) is 59.6 Å². The van der Waals surface area contributed by atoms with Gasteiger partial charge in [-0.25, -0.2) is 8.78 Å². The zero-order valence-electron chi connectivity index (χ0n) is 14.5. The Hall–Kier alpha value is -2.67. The van der Waals surface area contributed by atoms with Crippen molar-refractivity contribution in [3.63, 3.8) is 0 Å². The normalized spacial score (nSPS) is 10.7. The molecule has 0 aliphatic heterocycles. The minimum absolute atomic E-state index is 0.138. The summed E-state index contributed by atoms with van der Waals surface area (Å²) < 4.78 is 31.7. The smallest absolute Gasteiger partial charge is 0.230 e. The van der Waals surface area contributed by atoms with Gasteiger partial charge in [-0.15, -0.1) is 11.8 Å². The summed E-state index contributed by atoms with van der Waals surface area (Å²) in [5, 5.41) is 3.79. The Bertz CT molecular complexity index is 932. The predicted molar refractivity (Wildman–Crippen MR) is 102 cm³/mol. The molecular weight excluding hydrogens is 370 g/mol. The molecule has 1 N–H and O–H groups in total. The van der Waals surface area contributed by atoms with Crippen molar-refractivity contribution in [1.29, 1.82) is 0 Å². The van der Waals surface area contributed by atoms with Crippen LogP contribution < -0.4 is 10.1 Å². The average Bonchev–Trinajstić information content (AvgIpc) is 2.69. The van der Waals surface area contributed by atoms with Crippen molar-refractivity contribution in [3.8, 4) is 5.75 Å². The minimum atomic E-state index is -0.916. The Morgan fingerprint density at radius 1 is 1.11 bits per heavy atom. The lowest BCUT2D eigenvalue weighted by Gasteiger charge is -2.09. The molecule has 7 heteroatoms. The van der Waals surface area contributed by atoms with Crippen LogP contribution in [0.4, 0.5) is 8.78 Å². The number of rotatable bonds is 8. The van der Waals surface area contributed by atoms with E-state index in [1.165, 1.54) is 6.07 Å². The van der Waals surface area contributed by atoms with Gasteiger partial charge >= 0.3 is 0 Å². The van der Waals surface area contributed by atoms with E-state index in [0.29, 0.717) is 30.2 Å². The maximum absolute atomic E-state index is 13.1. The molecule has 1 heterocycles. The van der Waals surface area contributed by atoms with Gasteiger partial charge in [-0.2, -0.15) is 0 Å². The number of amides is 1. The second kappa shape index (κ2) is 9.32. The van der Waals surface area contributed by atoms with Gasteiger partial charge in [0.15, 0.2) is 11.6 Å². The van der Waals surface area contributed by atoms with Crippen molar-refractivity contribution in [2.24, 2.45) is 0 Å². The number of thioether (sulfide) groups is 1. The van der Waals surface area contributed by atoms with Crippen molar-refractivity contribution < 1.29 is 18.3 Å². The number of nitrogens with one attached hydrogen (secondary N) is 1. The van der Waals surface area contributed by atoms with Crippen molar-refractivity contribution in [2.75, 3.05) is 18.9 Å². The molecule has 3 aromatic rings. The molecule has 140 valence electrons. The maximum atomic E-state index is 13.1. The van der Waals surface area contributed by atoms with Crippen molar-refractivity contribution in [2.45, 2.75) is 11.3 Å². The van der Waals surface area contributed by atoms with Gasteiger partial charge in [0.1, 0.15) is 11.3 Å². The molecule has 0 saturated carbocycles. The van der Waals surface area contributed by atoms with Gasteiger partial charge in [-0.3, -0.25) is 9.78 Å². The summed E-state index contributed by atoms with van der Waals surface area (Å²) >= 11 is 1.16. The highest BCUT2D eigenvalue weighted by atomic mass is 32.2. The third-order valence-electron chi connectivity index (χ3n) is 3.76. The molecule has 0 radical (unpaired) electrons. The van der Waals surface area contributed by atoms with Crippen LogP contribution in [0.3, 0.4) is 0 Å². The number of carbonyl (C=O) groups is 1. The van der Waals surface area contributed by atoms with E-state index in [1.807, 2.05) is 30.3 Å². The zero-order chi connectivity index (χ0) is 19.1. The van der Waals surface area contributed by atoms with Crippen LogP contribution in [0.25, 0.3) is 10.9 Å². The highest BCUT2D eigenvalue weighted by molar-refractivity contribution is 8.00. The second-order valence-electron chi connectivity index (χ2n) is 5.75. The number of ether oxygens (including phenoxy) is 1. The lowest BCUT2D eigenvalue weighted by Crippen LogP contribution is -2.27. The van der Waals surface area contributed by atoms with Gasteiger partial charge in [-0.1, -0.05) is 18.2 Å². The first-order valence-corrected chi connectivity index (χ1v) is 9.43. The standard InChI is InChI=1S/C20H18F2N2O2S/c21-16-8-7-15(12-17(16)22)27-13-19(25)23-10-3-11-26-18-6-1-4-14-5-2-9-24-20(14)18/h1-2,4-9,12H,3,10-11,13H2,(H,23,25). The Morgan fingerprint density at radius 3 is 2.81 bits per heavy atom. The largest absolute Gasteiger partial charge is 0.491 e. The van der Waals surface area contributed by atoms with E-state index in [9.17, 15) is 13.6 Å². The summed E-state index contributed by atoms with van der Waals surface area (Å²) in [6, 6.07) is 13.2. The zero-order valence-corrected chi connectivity index (χ0v) is 15.3. The molecule has 1 amide bonds. The molecule has 2 aromatic carbocycles. The molecule has 1 aromatic heterocycles. The number of aromatic nitrogens is 1. The number of para-hydroxylation sites is 1. The maximum Gasteiger partial charge on any atom is 0.230 e. The van der Waals surface area contributed by atoms with Crippen molar-refractivity contribution in [3.05, 3.63) is 66.4 Å². The van der Waals surface area contributed by atoms with Crippen molar-refractivity contribution in [1.82, 2.24) is 10.3 Å². The molecule has 0 bridgehead atoms. The molecule has 0 saturated heterocycles. The van der Waals surface area contributed by atoms with E-state index >= 15 is 0 Å². The Labute approximate surface area is 159 Å². The molecule has 0 spiro atoms. The van der Waals surface area contributed by atoms with Gasteiger partial charge in [0.25, 0.3) is 0 Å². The van der Waals surface area contributed by atoms with Crippen LogP contribution in [-0.4, -0.2) is 29.8 Å². The summed E-state index contributed by atoms with van der Waals surface area (Å²) in [7, 11) is 0. The molecule has 0 atom stereocenters. The Balaban J connectivity index is 1.37. The number of carbonyl (C=O) groups excluding carboxylic acids is 1. The number of hydrogen-bond acceptors (Lipinski definition) is 4. The average molecular weight is 388 g/mol. The predicted octanol–water partition coefficient (Wildman–Crippen LogP) is 4.19. The van der Waals surface area contributed by atoms with Gasteiger partial charge in [-0.05, 0) is 36.8 Å². The SMILES string of the molecule is O=C(CSc1ccc(F)c(F)c1)NCCCOc1cccc2cccnc12. The lowest BCUT2D eigenvalue weighted by molar-refractivity contribution is -0.118. The first kappa shape index (κ1) is 19.1. The molecule has 0 unspecified atom stereocenters. The number of halogens is 2. The monoisotopic (exact) mass is 388 g/mol. The number of hydrogen-bond donors (Lipinski definition) is 1. The molecule has 0 fully saturated rings. The molecule has 27 heavy (non-hydrogen) atoms. The topological polar surface area (TPSA) is 51.2 Å². The highest BCUT2D eigenvalue weighted by Crippen LogP contribution is 2.23. The fourth-order valence-electron chi connectivity index (χ4n) is 2.44. The molecule has 3 rings (SSSR count). The van der Waals surface area contributed by atoms with E-state index in [0.717, 1.165) is 34.8 Å². The van der Waals surface area contributed by atoms with Crippen LogP contribution >= 0.6 is 11.8 Å². The van der Waals surface area contributed by atoms with Crippen molar-refractivity contribution >= 4 is 28.6 Å². The van der Waals surface area contributed by atoms with Gasteiger partial charge in [0, 0.05) is 23.0 Å². The summed E-state index contributed by atoms with van der Waals surface area (Å²) in [6.45, 7) is 0.918. The molecular formula is C20H18F2N2O2S. The van der Waals surface area contributed by atoms with E-state index in [-0.39, 0.29) is 11.7 Å². The fraction of sp³-hybridized carbons (Fsp3) is 0.200. The third-order valence-corrected chi connectivity index (χ3v) is 4.75. The van der Waals surface area contributed by atoms with E-state index in [4.69, 9.17) is 4.74 Å². The van der Waals surface area contributed by atoms with Crippen LogP contribution in [0.2, 0.25) is 0 Å². The minimum Gasteiger partial charge on any atom is -0.491 e. The first-order valence-electron chi connectivity index (χ1n) is 8.44. The number of nitrogens with zero attached hydrogens (tertiary/aromatic N) is 1. The van der Waals surface area contributed by atoms with E-state index in [2.05, 4.69) is 10.3 Å². The summed E-state index contributed by atoms with van der Waals surface area (Å²) in [4.78, 5) is 16.7. The van der Waals surface area contributed by atoms with Gasteiger partial charge < -0.3 is 10.1 Å². The highest BCUT2D eigenvalue weighted by Gasteiger charge is 2.06. The number of fused-ring (bicyclic) bond motifs is 1. The fourth-order valence-corrected chi connectivity index (χ4v) is 3.19. The summed E-state index contributed by atoms with van der Waals surface area (Å²) in [5.74, 6) is -1.13. The number of pyridine rings is 1. The molecule has 0 aliphatic rings. The summed E-state index contributed by atoms with van der Waals surface area (Å²) in [6.07, 6.45) is 2.37. The quantitative estimate of drug-likeness (QED) is 0.464. The Morgan fingerprint density at radius 2 is 1.96 bits per heavy atom. The lowest BCUT2D eigenvalue weighted by atomic mass is 10.2. The van der Waals surface area contributed by atoms with E-state index < -0.39 is 11.6 Å². The van der Waals surface area contributed by atoms with Crippen LogP contribution in [-0.2, 0) is 4.79 Å². The van der Waals surface area contributed by atoms with Gasteiger partial charge in [0.05, 0.1) is 12.4 Å². The molecule has 0 aliphatic carbocycles. The van der Waals surface area contributed by atoms with Crippen LogP contribution in [0, 0.1) is 11.6 Å². The summed E-state index contributed by atoms with van der Waals surface area (Å²) in [5.41, 5.74) is 0.812. The second-order valence-corrected chi connectivity index (χ2v) is 6.80. The Kier molecular flexibility index (Phi) is 6.59. The third kappa shape index (κ3) is 5.40. The van der Waals surface area contributed by atoms with Crippen LogP contribution in [0.5, 0.6) is 5.75 Å². The van der Waals surface area contributed by atoms with Crippen LogP contribution in [0.1, 0.15) is 6.42 Å². The first-order chi connectivity index (χ1) is 13.1. The number of benzene rings is 2.